The molecule has 0 spiro atoms. The van der Waals surface area contributed by atoms with Crippen LogP contribution in [-0.2, 0) is 9.53 Å². The molecule has 0 aromatic heterocycles. The first-order valence-electron chi connectivity index (χ1n) is 5.99. The molecular weight excluding hydrogens is 216 g/mol. The summed E-state index contributed by atoms with van der Waals surface area (Å²) in [5, 5.41) is 0. The Balaban J connectivity index is 2.66. The van der Waals surface area contributed by atoms with E-state index in [4.69, 9.17) is 9.47 Å². The number of carbonyl (C=O) groups is 1. The van der Waals surface area contributed by atoms with Crippen molar-refractivity contribution in [2.24, 2.45) is 0 Å². The van der Waals surface area contributed by atoms with E-state index in [1.165, 1.54) is 5.56 Å². The zero-order valence-electron chi connectivity index (χ0n) is 10.7. The lowest BCUT2D eigenvalue weighted by Gasteiger charge is -2.17. The second-order valence-electron chi connectivity index (χ2n) is 4.20. The molecule has 0 unspecified atom stereocenters. The van der Waals surface area contributed by atoms with Crippen molar-refractivity contribution in [1.82, 2.24) is 0 Å². The molecule has 94 valence electrons. The standard InChI is InChI=1S/C14H20O3/c1-4-11(2)13-7-5-6-8-14(13)16-9-12(3)17-10-15/h5-8,10-12H,4,9H2,1-3H3/t11-,12+/m0/s1. The highest BCUT2D eigenvalue weighted by atomic mass is 16.6. The van der Waals surface area contributed by atoms with Gasteiger partial charge in [0.1, 0.15) is 18.5 Å². The third-order valence-electron chi connectivity index (χ3n) is 2.82. The molecule has 3 nitrogen and oxygen atoms in total. The Kier molecular flexibility index (Phi) is 5.53. The zero-order valence-corrected chi connectivity index (χ0v) is 10.7. The van der Waals surface area contributed by atoms with Gasteiger partial charge in [-0.2, -0.15) is 0 Å². The summed E-state index contributed by atoms with van der Waals surface area (Å²) < 4.78 is 10.5. The SMILES string of the molecule is CC[C@H](C)c1ccccc1OC[C@@H](C)OC=O. The molecule has 3 heteroatoms. The van der Waals surface area contributed by atoms with E-state index in [0.29, 0.717) is 19.0 Å². The Hall–Kier alpha value is -1.51. The first-order chi connectivity index (χ1) is 8.19. The summed E-state index contributed by atoms with van der Waals surface area (Å²) in [4.78, 5) is 10.2. The average molecular weight is 236 g/mol. The molecule has 0 N–H and O–H groups in total. The Bertz CT molecular complexity index is 349. The number of ether oxygens (including phenoxy) is 2. The predicted molar refractivity (Wildman–Crippen MR) is 67.3 cm³/mol. The minimum Gasteiger partial charge on any atom is -0.489 e. The molecular formula is C14H20O3. The maximum absolute atomic E-state index is 10.2. The van der Waals surface area contributed by atoms with E-state index in [-0.39, 0.29) is 6.10 Å². The molecule has 0 saturated carbocycles. The number of hydrogen-bond donors (Lipinski definition) is 0. The highest BCUT2D eigenvalue weighted by molar-refractivity contribution is 5.37. The van der Waals surface area contributed by atoms with E-state index in [9.17, 15) is 4.79 Å². The van der Waals surface area contributed by atoms with Crippen LogP contribution >= 0.6 is 0 Å². The van der Waals surface area contributed by atoms with Crippen LogP contribution in [0.15, 0.2) is 24.3 Å². The summed E-state index contributed by atoms with van der Waals surface area (Å²) in [7, 11) is 0. The van der Waals surface area contributed by atoms with Crippen molar-refractivity contribution in [3.8, 4) is 5.75 Å². The van der Waals surface area contributed by atoms with Crippen LogP contribution in [0.5, 0.6) is 5.75 Å². The van der Waals surface area contributed by atoms with Gasteiger partial charge in [0, 0.05) is 0 Å². The number of rotatable bonds is 7. The quantitative estimate of drug-likeness (QED) is 0.682. The van der Waals surface area contributed by atoms with Crippen LogP contribution < -0.4 is 4.74 Å². The zero-order chi connectivity index (χ0) is 12.7. The van der Waals surface area contributed by atoms with Crippen molar-refractivity contribution < 1.29 is 14.3 Å². The second kappa shape index (κ2) is 6.94. The van der Waals surface area contributed by atoms with Crippen molar-refractivity contribution in [3.05, 3.63) is 29.8 Å². The predicted octanol–water partition coefficient (Wildman–Crippen LogP) is 3.14. The molecule has 2 atom stereocenters. The molecule has 1 rings (SSSR count). The molecule has 0 aliphatic rings. The van der Waals surface area contributed by atoms with E-state index in [1.807, 2.05) is 18.2 Å². The largest absolute Gasteiger partial charge is 0.489 e. The topological polar surface area (TPSA) is 35.5 Å². The lowest BCUT2D eigenvalue weighted by Crippen LogP contribution is -2.17. The van der Waals surface area contributed by atoms with E-state index in [1.54, 1.807) is 6.92 Å². The molecule has 0 saturated heterocycles. The minimum atomic E-state index is -0.225. The van der Waals surface area contributed by atoms with Crippen molar-refractivity contribution in [2.45, 2.75) is 39.2 Å². The lowest BCUT2D eigenvalue weighted by atomic mass is 9.98. The number of benzene rings is 1. The summed E-state index contributed by atoms with van der Waals surface area (Å²) in [6, 6.07) is 8.00. The van der Waals surface area contributed by atoms with Gasteiger partial charge in [-0.3, -0.25) is 4.79 Å². The Morgan fingerprint density at radius 1 is 1.29 bits per heavy atom. The number of carbonyl (C=O) groups excluding carboxylic acids is 1. The Morgan fingerprint density at radius 3 is 2.65 bits per heavy atom. The molecule has 0 radical (unpaired) electrons. The lowest BCUT2D eigenvalue weighted by molar-refractivity contribution is -0.134. The Morgan fingerprint density at radius 2 is 2.00 bits per heavy atom. The highest BCUT2D eigenvalue weighted by Gasteiger charge is 2.10. The fraction of sp³-hybridized carbons (Fsp3) is 0.500. The van der Waals surface area contributed by atoms with E-state index in [0.717, 1.165) is 12.2 Å². The fourth-order valence-electron chi connectivity index (χ4n) is 1.58. The van der Waals surface area contributed by atoms with Gasteiger partial charge in [-0.1, -0.05) is 32.0 Å². The van der Waals surface area contributed by atoms with Crippen LogP contribution in [0.4, 0.5) is 0 Å². The first-order valence-corrected chi connectivity index (χ1v) is 5.99. The van der Waals surface area contributed by atoms with Crippen LogP contribution in [-0.4, -0.2) is 19.2 Å². The second-order valence-corrected chi connectivity index (χ2v) is 4.20. The van der Waals surface area contributed by atoms with Gasteiger partial charge in [-0.05, 0) is 30.9 Å². The van der Waals surface area contributed by atoms with Gasteiger partial charge in [0.25, 0.3) is 6.47 Å². The molecule has 17 heavy (non-hydrogen) atoms. The Labute approximate surface area is 103 Å². The molecule has 0 aliphatic heterocycles. The van der Waals surface area contributed by atoms with Gasteiger partial charge in [-0.25, -0.2) is 0 Å². The van der Waals surface area contributed by atoms with Crippen molar-refractivity contribution in [1.29, 1.82) is 0 Å². The molecule has 0 fully saturated rings. The van der Waals surface area contributed by atoms with Crippen LogP contribution in [0.1, 0.15) is 38.7 Å². The van der Waals surface area contributed by atoms with Crippen LogP contribution in [0, 0.1) is 0 Å². The van der Waals surface area contributed by atoms with Crippen LogP contribution in [0.25, 0.3) is 0 Å². The number of para-hydroxylation sites is 1. The summed E-state index contributed by atoms with van der Waals surface area (Å²) in [5.41, 5.74) is 1.20. The first kappa shape index (κ1) is 13.6. The van der Waals surface area contributed by atoms with Crippen molar-refractivity contribution in [2.75, 3.05) is 6.61 Å². The molecule has 1 aromatic carbocycles. The molecule has 0 amide bonds. The average Bonchev–Trinajstić information content (AvgIpc) is 2.36. The molecule has 0 bridgehead atoms. The van der Waals surface area contributed by atoms with Gasteiger partial charge < -0.3 is 9.47 Å². The van der Waals surface area contributed by atoms with E-state index in [2.05, 4.69) is 19.9 Å². The normalized spacial score (nSPS) is 13.8. The third kappa shape index (κ3) is 4.10. The molecule has 1 aromatic rings. The molecule has 0 heterocycles. The highest BCUT2D eigenvalue weighted by Crippen LogP contribution is 2.28. The smallest absolute Gasteiger partial charge is 0.293 e. The van der Waals surface area contributed by atoms with Gasteiger partial charge >= 0.3 is 0 Å². The van der Waals surface area contributed by atoms with E-state index < -0.39 is 0 Å². The maximum Gasteiger partial charge on any atom is 0.293 e. The number of hydrogen-bond acceptors (Lipinski definition) is 3. The summed E-state index contributed by atoms with van der Waals surface area (Å²) >= 11 is 0. The molecule has 0 aliphatic carbocycles. The van der Waals surface area contributed by atoms with Crippen LogP contribution in [0.2, 0.25) is 0 Å². The summed E-state index contributed by atoms with van der Waals surface area (Å²) in [6.45, 7) is 6.97. The third-order valence-corrected chi connectivity index (χ3v) is 2.82. The fourth-order valence-corrected chi connectivity index (χ4v) is 1.58. The van der Waals surface area contributed by atoms with Gasteiger partial charge in [0.15, 0.2) is 0 Å². The van der Waals surface area contributed by atoms with Crippen molar-refractivity contribution >= 4 is 6.47 Å². The summed E-state index contributed by atoms with van der Waals surface area (Å²) in [5.74, 6) is 1.34. The van der Waals surface area contributed by atoms with Crippen LogP contribution in [0.3, 0.4) is 0 Å². The summed E-state index contributed by atoms with van der Waals surface area (Å²) in [6.07, 6.45) is 0.846. The maximum atomic E-state index is 10.2. The van der Waals surface area contributed by atoms with Gasteiger partial charge in [0.05, 0.1) is 0 Å². The van der Waals surface area contributed by atoms with E-state index >= 15 is 0 Å². The van der Waals surface area contributed by atoms with Gasteiger partial charge in [-0.15, -0.1) is 0 Å². The van der Waals surface area contributed by atoms with Gasteiger partial charge in [0.2, 0.25) is 0 Å². The monoisotopic (exact) mass is 236 g/mol. The van der Waals surface area contributed by atoms with Crippen molar-refractivity contribution in [3.63, 3.8) is 0 Å². The minimum absolute atomic E-state index is 0.225.